The highest BCUT2D eigenvalue weighted by molar-refractivity contribution is 9.10. The largest absolute Gasteiger partial charge is 0.384 e. The predicted molar refractivity (Wildman–Crippen MR) is 77.0 cm³/mol. The smallest absolute Gasteiger partial charge is 0.106 e. The Morgan fingerprint density at radius 3 is 2.24 bits per heavy atom. The lowest BCUT2D eigenvalue weighted by molar-refractivity contribution is 0.219. The van der Waals surface area contributed by atoms with Crippen molar-refractivity contribution >= 4 is 38.9 Å². The molecule has 17 heavy (non-hydrogen) atoms. The molecule has 90 valence electrons. The first-order chi connectivity index (χ1) is 8.00. The molecule has 2 aromatic rings. The minimum absolute atomic E-state index is 0.605. The quantitative estimate of drug-likeness (QED) is 0.833. The van der Waals surface area contributed by atoms with Crippen LogP contribution in [0.5, 0.6) is 0 Å². The molecule has 1 aromatic carbocycles. The lowest BCUT2D eigenvalue weighted by Gasteiger charge is -2.12. The highest BCUT2D eigenvalue weighted by Gasteiger charge is 2.19. The lowest BCUT2D eigenvalue weighted by Crippen LogP contribution is -2.00. The number of aliphatic hydroxyl groups is 1. The van der Waals surface area contributed by atoms with E-state index in [1.807, 2.05) is 26.0 Å². The van der Waals surface area contributed by atoms with Crippen molar-refractivity contribution in [3.05, 3.63) is 54.6 Å². The summed E-state index contributed by atoms with van der Waals surface area (Å²) in [7, 11) is 0. The Morgan fingerprint density at radius 2 is 1.76 bits per heavy atom. The van der Waals surface area contributed by atoms with Crippen molar-refractivity contribution in [1.82, 2.24) is 0 Å². The number of rotatable bonds is 2. The van der Waals surface area contributed by atoms with Gasteiger partial charge < -0.3 is 5.11 Å². The molecule has 0 spiro atoms. The summed E-state index contributed by atoms with van der Waals surface area (Å²) >= 11 is 11.1. The Kier molecular flexibility index (Phi) is 3.93. The Labute approximate surface area is 118 Å². The first kappa shape index (κ1) is 13.1. The SMILES string of the molecule is Cc1sc(C)c(C(O)c2ccc(Cl)cc2)c1Br. The van der Waals surface area contributed by atoms with E-state index in [0.717, 1.165) is 20.5 Å². The summed E-state index contributed by atoms with van der Waals surface area (Å²) in [5.41, 5.74) is 1.81. The molecule has 0 aliphatic rings. The minimum atomic E-state index is -0.605. The average molecular weight is 332 g/mol. The molecule has 1 heterocycles. The fraction of sp³-hybridized carbons (Fsp3) is 0.231. The molecule has 1 unspecified atom stereocenters. The number of hydrogen-bond acceptors (Lipinski definition) is 2. The average Bonchev–Trinajstić information content (AvgIpc) is 2.53. The summed E-state index contributed by atoms with van der Waals surface area (Å²) in [6, 6.07) is 7.29. The summed E-state index contributed by atoms with van der Waals surface area (Å²) in [5.74, 6) is 0. The van der Waals surface area contributed by atoms with Gasteiger partial charge in [0.05, 0.1) is 0 Å². The number of benzene rings is 1. The van der Waals surface area contributed by atoms with Crippen LogP contribution in [-0.4, -0.2) is 5.11 Å². The van der Waals surface area contributed by atoms with Crippen LogP contribution in [0, 0.1) is 13.8 Å². The molecule has 0 radical (unpaired) electrons. The molecule has 0 amide bonds. The molecule has 1 atom stereocenters. The van der Waals surface area contributed by atoms with Gasteiger partial charge in [0.25, 0.3) is 0 Å². The molecule has 2 rings (SSSR count). The third kappa shape index (κ3) is 2.58. The van der Waals surface area contributed by atoms with Crippen molar-refractivity contribution in [1.29, 1.82) is 0 Å². The van der Waals surface area contributed by atoms with Gasteiger partial charge in [-0.1, -0.05) is 23.7 Å². The van der Waals surface area contributed by atoms with Crippen LogP contribution in [0.2, 0.25) is 5.02 Å². The van der Waals surface area contributed by atoms with Crippen LogP contribution in [0.1, 0.15) is 27.0 Å². The van der Waals surface area contributed by atoms with E-state index in [4.69, 9.17) is 11.6 Å². The van der Waals surface area contributed by atoms with Gasteiger partial charge in [-0.05, 0) is 47.5 Å². The van der Waals surface area contributed by atoms with Crippen LogP contribution >= 0.6 is 38.9 Å². The van der Waals surface area contributed by atoms with Gasteiger partial charge in [-0.2, -0.15) is 0 Å². The van der Waals surface area contributed by atoms with Crippen LogP contribution in [0.4, 0.5) is 0 Å². The normalized spacial score (nSPS) is 12.8. The van der Waals surface area contributed by atoms with E-state index in [2.05, 4.69) is 15.9 Å². The topological polar surface area (TPSA) is 20.2 Å². The highest BCUT2D eigenvalue weighted by atomic mass is 79.9. The molecule has 1 N–H and O–H groups in total. The molecule has 1 aromatic heterocycles. The number of halogens is 2. The first-order valence-corrected chi connectivity index (χ1v) is 7.18. The van der Waals surface area contributed by atoms with Gasteiger partial charge in [0.2, 0.25) is 0 Å². The van der Waals surface area contributed by atoms with Gasteiger partial charge in [-0.25, -0.2) is 0 Å². The third-order valence-corrected chi connectivity index (χ3v) is 5.26. The van der Waals surface area contributed by atoms with E-state index < -0.39 is 6.10 Å². The molecule has 0 fully saturated rings. The van der Waals surface area contributed by atoms with E-state index in [0.29, 0.717) is 5.02 Å². The Hall–Kier alpha value is -0.350. The van der Waals surface area contributed by atoms with Crippen LogP contribution in [0.3, 0.4) is 0 Å². The molecule has 0 saturated carbocycles. The summed E-state index contributed by atoms with van der Waals surface area (Å²) in [5, 5.41) is 11.1. The molecule has 1 nitrogen and oxygen atoms in total. The maximum atomic E-state index is 10.4. The molecular formula is C13H12BrClOS. The number of aliphatic hydroxyl groups excluding tert-OH is 1. The van der Waals surface area contributed by atoms with E-state index in [-0.39, 0.29) is 0 Å². The van der Waals surface area contributed by atoms with Gasteiger partial charge >= 0.3 is 0 Å². The molecule has 0 aliphatic heterocycles. The second-order valence-corrected chi connectivity index (χ2v) is 6.55. The Morgan fingerprint density at radius 1 is 1.18 bits per heavy atom. The third-order valence-electron chi connectivity index (χ3n) is 2.69. The molecule has 0 bridgehead atoms. The van der Waals surface area contributed by atoms with Gasteiger partial charge in [-0.15, -0.1) is 11.3 Å². The fourth-order valence-corrected chi connectivity index (χ4v) is 3.79. The Bertz CT molecular complexity index is 533. The van der Waals surface area contributed by atoms with Crippen molar-refractivity contribution in [3.8, 4) is 0 Å². The monoisotopic (exact) mass is 330 g/mol. The summed E-state index contributed by atoms with van der Waals surface area (Å²) < 4.78 is 1.00. The van der Waals surface area contributed by atoms with Crippen molar-refractivity contribution in [3.63, 3.8) is 0 Å². The number of aryl methyl sites for hydroxylation is 2. The maximum Gasteiger partial charge on any atom is 0.106 e. The van der Waals surface area contributed by atoms with Crippen molar-refractivity contribution in [2.24, 2.45) is 0 Å². The zero-order valence-corrected chi connectivity index (χ0v) is 12.7. The first-order valence-electron chi connectivity index (χ1n) is 5.19. The maximum absolute atomic E-state index is 10.4. The van der Waals surface area contributed by atoms with E-state index in [9.17, 15) is 5.11 Å². The van der Waals surface area contributed by atoms with Crippen LogP contribution in [-0.2, 0) is 0 Å². The molecular weight excluding hydrogens is 320 g/mol. The van der Waals surface area contributed by atoms with E-state index >= 15 is 0 Å². The highest BCUT2D eigenvalue weighted by Crippen LogP contribution is 2.38. The van der Waals surface area contributed by atoms with Gasteiger partial charge in [0, 0.05) is 24.8 Å². The molecule has 0 aliphatic carbocycles. The number of hydrogen-bond donors (Lipinski definition) is 1. The Balaban J connectivity index is 2.43. The zero-order chi connectivity index (χ0) is 12.6. The van der Waals surface area contributed by atoms with Gasteiger partial charge in [0.1, 0.15) is 6.10 Å². The molecule has 4 heteroatoms. The van der Waals surface area contributed by atoms with Crippen molar-refractivity contribution in [2.45, 2.75) is 20.0 Å². The lowest BCUT2D eigenvalue weighted by atomic mass is 10.0. The summed E-state index contributed by atoms with van der Waals surface area (Å²) in [4.78, 5) is 2.32. The number of thiophene rings is 1. The summed E-state index contributed by atoms with van der Waals surface area (Å²) in [6.45, 7) is 4.07. The van der Waals surface area contributed by atoms with Gasteiger partial charge in [-0.3, -0.25) is 0 Å². The van der Waals surface area contributed by atoms with Crippen LogP contribution in [0.15, 0.2) is 28.7 Å². The van der Waals surface area contributed by atoms with Crippen LogP contribution < -0.4 is 0 Å². The van der Waals surface area contributed by atoms with E-state index in [1.165, 1.54) is 4.88 Å². The predicted octanol–water partition coefficient (Wildman–Crippen LogP) is 4.86. The van der Waals surface area contributed by atoms with Gasteiger partial charge in [0.15, 0.2) is 0 Å². The summed E-state index contributed by atoms with van der Waals surface area (Å²) in [6.07, 6.45) is -0.605. The van der Waals surface area contributed by atoms with E-state index in [1.54, 1.807) is 23.5 Å². The minimum Gasteiger partial charge on any atom is -0.384 e. The molecule has 0 saturated heterocycles. The zero-order valence-electron chi connectivity index (χ0n) is 9.50. The fourth-order valence-electron chi connectivity index (χ4n) is 1.80. The standard InChI is InChI=1S/C13H12BrClOS/c1-7-11(12(14)8(2)17-7)13(16)9-3-5-10(15)6-4-9/h3-6,13,16H,1-2H3. The van der Waals surface area contributed by atoms with Crippen molar-refractivity contribution < 1.29 is 5.11 Å². The van der Waals surface area contributed by atoms with Crippen LogP contribution in [0.25, 0.3) is 0 Å². The van der Waals surface area contributed by atoms with Crippen molar-refractivity contribution in [2.75, 3.05) is 0 Å². The second-order valence-electron chi connectivity index (χ2n) is 3.90. The second kappa shape index (κ2) is 5.11.